The van der Waals surface area contributed by atoms with Gasteiger partial charge in [-0.25, -0.2) is 0 Å². The maximum Gasteiger partial charge on any atom is 0.318 e. The van der Waals surface area contributed by atoms with Crippen LogP contribution in [0.5, 0.6) is 17.5 Å². The molecule has 30 heavy (non-hydrogen) atoms. The second-order valence-corrected chi connectivity index (χ2v) is 6.41. The summed E-state index contributed by atoms with van der Waals surface area (Å²) in [5.74, 6) is -2.23. The molecule has 0 amide bonds. The third-order valence-corrected chi connectivity index (χ3v) is 4.63. The van der Waals surface area contributed by atoms with Gasteiger partial charge in [-0.1, -0.05) is 48.5 Å². The van der Waals surface area contributed by atoms with Crippen LogP contribution in [0.15, 0.2) is 66.7 Å². The summed E-state index contributed by atoms with van der Waals surface area (Å²) < 4.78 is 16.5. The van der Waals surface area contributed by atoms with E-state index in [1.165, 1.54) is 20.3 Å². The van der Waals surface area contributed by atoms with Gasteiger partial charge in [-0.3, -0.25) is 4.79 Å². The number of hydrogen-bond acceptors (Lipinski definition) is 7. The predicted octanol–water partition coefficient (Wildman–Crippen LogP) is 2.63. The number of hydrogen-bond donors (Lipinski definition) is 2. The molecule has 3 aromatic rings. The molecule has 0 bridgehead atoms. The van der Waals surface area contributed by atoms with Crippen molar-refractivity contribution in [2.75, 3.05) is 20.8 Å². The van der Waals surface area contributed by atoms with Crippen molar-refractivity contribution in [1.82, 2.24) is 9.97 Å². The molecule has 8 nitrogen and oxygen atoms in total. The van der Waals surface area contributed by atoms with Crippen LogP contribution in [-0.2, 0) is 10.4 Å². The summed E-state index contributed by atoms with van der Waals surface area (Å²) in [7, 11) is 2.80. The highest BCUT2D eigenvalue weighted by atomic mass is 16.5. The van der Waals surface area contributed by atoms with Gasteiger partial charge in [0.25, 0.3) is 0 Å². The molecular formula is C22H22N2O6. The van der Waals surface area contributed by atoms with Crippen molar-refractivity contribution in [3.8, 4) is 17.5 Å². The molecule has 2 unspecified atom stereocenters. The van der Waals surface area contributed by atoms with E-state index in [-0.39, 0.29) is 17.6 Å². The van der Waals surface area contributed by atoms with Crippen LogP contribution in [0.2, 0.25) is 0 Å². The van der Waals surface area contributed by atoms with Gasteiger partial charge < -0.3 is 24.4 Å². The summed E-state index contributed by atoms with van der Waals surface area (Å²) in [6.07, 6.45) is 0. The first kappa shape index (κ1) is 21.1. The minimum Gasteiger partial charge on any atom is -0.481 e. The van der Waals surface area contributed by atoms with Crippen molar-refractivity contribution >= 4 is 5.97 Å². The average molecular weight is 410 g/mol. The number of carboxylic acids is 1. The normalized spacial score (nSPS) is 13.7. The number of para-hydroxylation sites is 1. The van der Waals surface area contributed by atoms with Gasteiger partial charge in [-0.05, 0) is 17.7 Å². The maximum atomic E-state index is 12.5. The number of aliphatic hydroxyl groups excluding tert-OH is 1. The van der Waals surface area contributed by atoms with Crippen molar-refractivity contribution in [3.63, 3.8) is 0 Å². The predicted molar refractivity (Wildman–Crippen MR) is 108 cm³/mol. The highest BCUT2D eigenvalue weighted by Crippen LogP contribution is 2.41. The number of methoxy groups -OCH3 is 2. The fourth-order valence-corrected chi connectivity index (χ4v) is 3.20. The smallest absolute Gasteiger partial charge is 0.318 e. The van der Waals surface area contributed by atoms with Crippen LogP contribution in [0.4, 0.5) is 0 Å². The van der Waals surface area contributed by atoms with Gasteiger partial charge in [0.1, 0.15) is 5.75 Å². The van der Waals surface area contributed by atoms with E-state index in [0.29, 0.717) is 11.3 Å². The van der Waals surface area contributed by atoms with Crippen LogP contribution in [0.25, 0.3) is 0 Å². The molecule has 1 aromatic heterocycles. The molecular weight excluding hydrogens is 388 g/mol. The number of aliphatic carboxylic acids is 1. The SMILES string of the molecule is COc1cc(OC)nc(C(C(=O)O)C(CO)(Oc2ccccc2)c2ccccc2)n1. The lowest BCUT2D eigenvalue weighted by molar-refractivity contribution is -0.148. The largest absolute Gasteiger partial charge is 0.481 e. The number of aliphatic hydroxyl groups is 1. The van der Waals surface area contributed by atoms with E-state index in [0.717, 1.165) is 0 Å². The summed E-state index contributed by atoms with van der Waals surface area (Å²) in [4.78, 5) is 20.9. The fraction of sp³-hybridized carbons (Fsp3) is 0.227. The Kier molecular flexibility index (Phi) is 6.48. The Bertz CT molecular complexity index is 961. The number of benzene rings is 2. The molecule has 0 saturated heterocycles. The Labute approximate surface area is 173 Å². The Morgan fingerprint density at radius 3 is 1.97 bits per heavy atom. The molecule has 0 radical (unpaired) electrons. The zero-order chi connectivity index (χ0) is 21.6. The lowest BCUT2D eigenvalue weighted by atomic mass is 9.80. The standard InChI is InChI=1S/C22H22N2O6/c1-28-17-13-18(29-2)24-20(23-17)19(21(26)27)22(14-25,15-9-5-3-6-10-15)30-16-11-7-4-8-12-16/h3-13,19,25H,14H2,1-2H3,(H,26,27). The van der Waals surface area contributed by atoms with E-state index in [4.69, 9.17) is 14.2 Å². The zero-order valence-corrected chi connectivity index (χ0v) is 16.6. The first-order valence-electron chi connectivity index (χ1n) is 9.14. The molecule has 2 atom stereocenters. The van der Waals surface area contributed by atoms with Gasteiger partial charge in [0.15, 0.2) is 17.3 Å². The second-order valence-electron chi connectivity index (χ2n) is 6.41. The topological polar surface area (TPSA) is 111 Å². The zero-order valence-electron chi connectivity index (χ0n) is 16.6. The van der Waals surface area contributed by atoms with Crippen LogP contribution in [-0.4, -0.2) is 47.0 Å². The average Bonchev–Trinajstić information content (AvgIpc) is 2.79. The molecule has 8 heteroatoms. The fourth-order valence-electron chi connectivity index (χ4n) is 3.20. The van der Waals surface area contributed by atoms with Crippen molar-refractivity contribution < 1.29 is 29.2 Å². The van der Waals surface area contributed by atoms with Gasteiger partial charge >= 0.3 is 5.97 Å². The molecule has 0 fully saturated rings. The highest BCUT2D eigenvalue weighted by molar-refractivity contribution is 5.77. The van der Waals surface area contributed by atoms with Crippen LogP contribution < -0.4 is 14.2 Å². The molecule has 2 N–H and O–H groups in total. The summed E-state index contributed by atoms with van der Waals surface area (Å²) in [6, 6.07) is 18.7. The molecule has 156 valence electrons. The number of carbonyl (C=O) groups is 1. The minimum atomic E-state index is -1.72. The molecule has 2 aromatic carbocycles. The number of nitrogens with zero attached hydrogens (tertiary/aromatic N) is 2. The molecule has 0 saturated carbocycles. The molecule has 0 aliphatic heterocycles. The number of aromatic nitrogens is 2. The minimum absolute atomic E-state index is 0.118. The van der Waals surface area contributed by atoms with E-state index in [1.54, 1.807) is 60.7 Å². The van der Waals surface area contributed by atoms with Gasteiger partial charge in [-0.2, -0.15) is 9.97 Å². The number of ether oxygens (including phenoxy) is 3. The van der Waals surface area contributed by atoms with Crippen LogP contribution >= 0.6 is 0 Å². The maximum absolute atomic E-state index is 12.5. The van der Waals surface area contributed by atoms with E-state index in [1.807, 2.05) is 0 Å². The molecule has 3 rings (SSSR count). The molecule has 1 heterocycles. The number of rotatable bonds is 9. The summed E-state index contributed by atoms with van der Waals surface area (Å²) >= 11 is 0. The van der Waals surface area contributed by atoms with E-state index in [9.17, 15) is 15.0 Å². The van der Waals surface area contributed by atoms with Crippen molar-refractivity contribution in [2.45, 2.75) is 11.5 Å². The third-order valence-electron chi connectivity index (χ3n) is 4.63. The number of carboxylic acid groups (broad SMARTS) is 1. The van der Waals surface area contributed by atoms with Gasteiger partial charge in [0.2, 0.25) is 11.8 Å². The highest BCUT2D eigenvalue weighted by Gasteiger charge is 2.50. The second kappa shape index (κ2) is 9.23. The first-order chi connectivity index (χ1) is 14.5. The van der Waals surface area contributed by atoms with Crippen molar-refractivity contribution in [2.24, 2.45) is 0 Å². The van der Waals surface area contributed by atoms with Crippen molar-refractivity contribution in [1.29, 1.82) is 0 Å². The Morgan fingerprint density at radius 1 is 0.967 bits per heavy atom. The van der Waals surface area contributed by atoms with Crippen LogP contribution in [0, 0.1) is 0 Å². The van der Waals surface area contributed by atoms with Gasteiger partial charge in [0, 0.05) is 0 Å². The summed E-state index contributed by atoms with van der Waals surface area (Å²) in [6.45, 7) is -0.647. The first-order valence-corrected chi connectivity index (χ1v) is 9.14. The summed E-state index contributed by atoms with van der Waals surface area (Å²) in [5, 5.41) is 20.7. The lowest BCUT2D eigenvalue weighted by Gasteiger charge is -2.37. The van der Waals surface area contributed by atoms with Gasteiger partial charge in [-0.15, -0.1) is 0 Å². The quantitative estimate of drug-likeness (QED) is 0.554. The van der Waals surface area contributed by atoms with E-state index in [2.05, 4.69) is 9.97 Å². The van der Waals surface area contributed by atoms with Crippen LogP contribution in [0.1, 0.15) is 17.3 Å². The van der Waals surface area contributed by atoms with E-state index >= 15 is 0 Å². The van der Waals surface area contributed by atoms with Gasteiger partial charge in [0.05, 0.1) is 26.9 Å². The Hall–Kier alpha value is -3.65. The molecule has 0 spiro atoms. The lowest BCUT2D eigenvalue weighted by Crippen LogP contribution is -2.47. The van der Waals surface area contributed by atoms with Crippen molar-refractivity contribution in [3.05, 3.63) is 78.1 Å². The van der Waals surface area contributed by atoms with Crippen LogP contribution in [0.3, 0.4) is 0 Å². The monoisotopic (exact) mass is 410 g/mol. The Balaban J connectivity index is 2.25. The van der Waals surface area contributed by atoms with E-state index < -0.39 is 24.1 Å². The summed E-state index contributed by atoms with van der Waals surface area (Å²) in [5.41, 5.74) is -1.26. The molecule has 0 aliphatic carbocycles. The third kappa shape index (κ3) is 4.18. The Morgan fingerprint density at radius 2 is 1.50 bits per heavy atom. The molecule has 0 aliphatic rings.